The molecule has 0 bridgehead atoms. The predicted molar refractivity (Wildman–Crippen MR) is 61.0 cm³/mol. The maximum absolute atomic E-state index is 8.79. The summed E-state index contributed by atoms with van der Waals surface area (Å²) in [6.45, 7) is 6.92. The van der Waals surface area contributed by atoms with Crippen molar-refractivity contribution in [2.75, 3.05) is 24.5 Å². The molecule has 0 aromatic carbocycles. The Bertz CT molecular complexity index is 421. The fourth-order valence-electron chi connectivity index (χ4n) is 1.88. The van der Waals surface area contributed by atoms with Gasteiger partial charge in [0.25, 0.3) is 0 Å². The Morgan fingerprint density at radius 2 is 2.38 bits per heavy atom. The first-order valence-corrected chi connectivity index (χ1v) is 5.34. The van der Waals surface area contributed by atoms with E-state index in [0.29, 0.717) is 11.6 Å². The third kappa shape index (κ3) is 2.28. The van der Waals surface area contributed by atoms with Gasteiger partial charge in [-0.1, -0.05) is 0 Å². The van der Waals surface area contributed by atoms with Gasteiger partial charge in [0, 0.05) is 31.4 Å². The molecule has 1 aliphatic heterocycles. The van der Waals surface area contributed by atoms with Crippen LogP contribution in [0.3, 0.4) is 0 Å². The largest absolute Gasteiger partial charge is 0.338 e. The molecular weight excluding hydrogens is 202 g/mol. The van der Waals surface area contributed by atoms with Crippen LogP contribution in [-0.4, -0.2) is 35.1 Å². The lowest BCUT2D eigenvalue weighted by Gasteiger charge is -2.39. The molecule has 2 rings (SSSR count). The van der Waals surface area contributed by atoms with Gasteiger partial charge in [-0.25, -0.2) is 9.97 Å². The fraction of sp³-hybridized carbons (Fsp3) is 0.545. The van der Waals surface area contributed by atoms with Crippen LogP contribution in [0.25, 0.3) is 0 Å². The van der Waals surface area contributed by atoms with Crippen LogP contribution < -0.4 is 10.2 Å². The first-order valence-electron chi connectivity index (χ1n) is 5.34. The van der Waals surface area contributed by atoms with E-state index < -0.39 is 0 Å². The molecule has 0 unspecified atom stereocenters. The fourth-order valence-corrected chi connectivity index (χ4v) is 1.88. The van der Waals surface area contributed by atoms with Crippen LogP contribution in [0.2, 0.25) is 0 Å². The third-order valence-corrected chi connectivity index (χ3v) is 2.61. The number of aromatic nitrogens is 2. The topological polar surface area (TPSA) is 64.8 Å². The Hall–Kier alpha value is -1.67. The van der Waals surface area contributed by atoms with E-state index in [4.69, 9.17) is 5.26 Å². The van der Waals surface area contributed by atoms with Crippen molar-refractivity contribution in [1.82, 2.24) is 15.3 Å². The lowest BCUT2D eigenvalue weighted by molar-refractivity contribution is 0.350. The van der Waals surface area contributed by atoms with Crippen molar-refractivity contribution >= 4 is 5.95 Å². The van der Waals surface area contributed by atoms with E-state index in [2.05, 4.69) is 34.0 Å². The van der Waals surface area contributed by atoms with Gasteiger partial charge in [0.15, 0.2) is 0 Å². The molecule has 1 aliphatic rings. The minimum Gasteiger partial charge on any atom is -0.338 e. The van der Waals surface area contributed by atoms with Gasteiger partial charge in [0.1, 0.15) is 11.8 Å². The average molecular weight is 217 g/mol. The first kappa shape index (κ1) is 10.8. The van der Waals surface area contributed by atoms with Crippen molar-refractivity contribution in [2.45, 2.75) is 19.4 Å². The number of hydrogen-bond acceptors (Lipinski definition) is 5. The van der Waals surface area contributed by atoms with Gasteiger partial charge in [-0.05, 0) is 19.9 Å². The second kappa shape index (κ2) is 4.06. The molecule has 0 saturated carbocycles. The highest BCUT2D eigenvalue weighted by Crippen LogP contribution is 2.15. The van der Waals surface area contributed by atoms with Gasteiger partial charge in [0.05, 0.1) is 0 Å². The zero-order valence-corrected chi connectivity index (χ0v) is 9.56. The Morgan fingerprint density at radius 3 is 3.06 bits per heavy atom. The molecule has 2 heterocycles. The lowest BCUT2D eigenvalue weighted by Crippen LogP contribution is -2.57. The smallest absolute Gasteiger partial charge is 0.226 e. The number of nitrogens with zero attached hydrogens (tertiary/aromatic N) is 4. The Morgan fingerprint density at radius 1 is 1.56 bits per heavy atom. The van der Waals surface area contributed by atoms with Crippen molar-refractivity contribution in [1.29, 1.82) is 5.26 Å². The van der Waals surface area contributed by atoms with Crippen molar-refractivity contribution in [3.8, 4) is 6.07 Å². The monoisotopic (exact) mass is 217 g/mol. The maximum atomic E-state index is 8.79. The molecule has 1 fully saturated rings. The summed E-state index contributed by atoms with van der Waals surface area (Å²) < 4.78 is 0. The van der Waals surface area contributed by atoms with Crippen molar-refractivity contribution in [2.24, 2.45) is 0 Å². The van der Waals surface area contributed by atoms with Crippen molar-refractivity contribution in [3.63, 3.8) is 0 Å². The number of anilines is 1. The van der Waals surface area contributed by atoms with Crippen LogP contribution in [-0.2, 0) is 0 Å². The maximum Gasteiger partial charge on any atom is 0.226 e. The molecular formula is C11H15N5. The molecule has 5 heteroatoms. The van der Waals surface area contributed by atoms with E-state index in [1.165, 1.54) is 0 Å². The van der Waals surface area contributed by atoms with Gasteiger partial charge >= 0.3 is 0 Å². The lowest BCUT2D eigenvalue weighted by atomic mass is 10.0. The molecule has 1 aromatic rings. The van der Waals surface area contributed by atoms with E-state index >= 15 is 0 Å². The number of piperazine rings is 1. The van der Waals surface area contributed by atoms with Crippen LogP contribution in [0.4, 0.5) is 5.95 Å². The number of hydrogen-bond donors (Lipinski definition) is 1. The molecule has 1 saturated heterocycles. The molecule has 0 spiro atoms. The van der Waals surface area contributed by atoms with E-state index in [9.17, 15) is 0 Å². The van der Waals surface area contributed by atoms with Gasteiger partial charge in [-0.2, -0.15) is 5.26 Å². The molecule has 1 aromatic heterocycles. The molecule has 0 atom stereocenters. The van der Waals surface area contributed by atoms with E-state index in [0.717, 1.165) is 19.6 Å². The van der Waals surface area contributed by atoms with Crippen LogP contribution >= 0.6 is 0 Å². The number of rotatable bonds is 1. The molecule has 0 radical (unpaired) electrons. The molecule has 84 valence electrons. The molecule has 1 N–H and O–H groups in total. The predicted octanol–water partition coefficient (Wildman–Crippen LogP) is 0.536. The minimum absolute atomic E-state index is 0.0598. The van der Waals surface area contributed by atoms with Gasteiger partial charge in [-0.3, -0.25) is 0 Å². The highest BCUT2D eigenvalue weighted by Gasteiger charge is 2.27. The number of nitrogens with one attached hydrogen (secondary N) is 1. The van der Waals surface area contributed by atoms with Crippen molar-refractivity contribution < 1.29 is 0 Å². The molecule has 0 aliphatic carbocycles. The van der Waals surface area contributed by atoms with Crippen LogP contribution in [0.15, 0.2) is 12.3 Å². The molecule has 5 nitrogen and oxygen atoms in total. The zero-order valence-electron chi connectivity index (χ0n) is 9.56. The summed E-state index contributed by atoms with van der Waals surface area (Å²) in [6, 6.07) is 3.66. The Labute approximate surface area is 95.1 Å². The summed E-state index contributed by atoms with van der Waals surface area (Å²) in [4.78, 5) is 10.5. The van der Waals surface area contributed by atoms with Gasteiger partial charge in [-0.15, -0.1) is 0 Å². The summed E-state index contributed by atoms with van der Waals surface area (Å²) in [5.41, 5.74) is 0.478. The second-order valence-corrected chi connectivity index (χ2v) is 4.59. The Kier molecular flexibility index (Phi) is 2.75. The standard InChI is InChI=1S/C11H15N5/c1-11(2)8-16(6-5-14-11)10-13-4-3-9(7-12)15-10/h3-4,14H,5-6,8H2,1-2H3. The minimum atomic E-state index is 0.0598. The summed E-state index contributed by atoms with van der Waals surface area (Å²) >= 11 is 0. The van der Waals surface area contributed by atoms with Crippen LogP contribution in [0.5, 0.6) is 0 Å². The van der Waals surface area contributed by atoms with Crippen LogP contribution in [0, 0.1) is 11.3 Å². The Balaban J connectivity index is 2.21. The molecule has 0 amide bonds. The third-order valence-electron chi connectivity index (χ3n) is 2.61. The van der Waals surface area contributed by atoms with E-state index in [1.54, 1.807) is 12.3 Å². The normalized spacial score (nSPS) is 19.2. The second-order valence-electron chi connectivity index (χ2n) is 4.59. The summed E-state index contributed by atoms with van der Waals surface area (Å²) in [6.07, 6.45) is 1.63. The summed E-state index contributed by atoms with van der Waals surface area (Å²) in [5.74, 6) is 0.647. The van der Waals surface area contributed by atoms with Crippen molar-refractivity contribution in [3.05, 3.63) is 18.0 Å². The number of nitriles is 1. The van der Waals surface area contributed by atoms with E-state index in [1.807, 2.05) is 6.07 Å². The van der Waals surface area contributed by atoms with Gasteiger partial charge < -0.3 is 10.2 Å². The molecule has 16 heavy (non-hydrogen) atoms. The van der Waals surface area contributed by atoms with E-state index in [-0.39, 0.29) is 5.54 Å². The quantitative estimate of drug-likeness (QED) is 0.743. The van der Waals surface area contributed by atoms with Crippen LogP contribution in [0.1, 0.15) is 19.5 Å². The highest BCUT2D eigenvalue weighted by molar-refractivity contribution is 5.35. The summed E-state index contributed by atoms with van der Waals surface area (Å²) in [7, 11) is 0. The zero-order chi connectivity index (χ0) is 11.6. The summed E-state index contributed by atoms with van der Waals surface area (Å²) in [5, 5.41) is 12.2. The SMILES string of the molecule is CC1(C)CN(c2nccc(C#N)n2)CCN1. The van der Waals surface area contributed by atoms with Gasteiger partial charge in [0.2, 0.25) is 5.95 Å². The average Bonchev–Trinajstić information content (AvgIpc) is 2.28. The highest BCUT2D eigenvalue weighted by atomic mass is 15.3. The first-order chi connectivity index (χ1) is 7.61.